The second kappa shape index (κ2) is 7.09. The third kappa shape index (κ3) is 4.65. The quantitative estimate of drug-likeness (QED) is 0.732. The van der Waals surface area contributed by atoms with E-state index in [1.54, 1.807) is 0 Å². The summed E-state index contributed by atoms with van der Waals surface area (Å²) in [7, 11) is 0. The smallest absolute Gasteiger partial charge is 0.00683 e. The second-order valence-corrected chi connectivity index (χ2v) is 6.21. The maximum atomic E-state index is 3.74. The molecule has 1 unspecified atom stereocenters. The molecule has 1 atom stereocenters. The molecule has 1 heteroatoms. The number of benzene rings is 1. The van der Waals surface area contributed by atoms with Crippen LogP contribution in [0.4, 0.5) is 0 Å². The molecule has 1 aliphatic carbocycles. The fourth-order valence-electron chi connectivity index (χ4n) is 2.99. The van der Waals surface area contributed by atoms with Crippen LogP contribution in [0.3, 0.4) is 0 Å². The van der Waals surface area contributed by atoms with Gasteiger partial charge in [0.25, 0.3) is 0 Å². The largest absolute Gasteiger partial charge is 0.314 e. The van der Waals surface area contributed by atoms with Crippen molar-refractivity contribution in [3.05, 3.63) is 35.4 Å². The first-order valence-corrected chi connectivity index (χ1v) is 8.01. The summed E-state index contributed by atoms with van der Waals surface area (Å²) in [6.45, 7) is 8.04. The minimum atomic E-state index is 0.790. The monoisotopic (exact) mass is 259 g/mol. The van der Waals surface area contributed by atoms with Crippen molar-refractivity contribution in [2.24, 2.45) is 11.8 Å². The fraction of sp³-hybridized carbons (Fsp3) is 0.667. The molecule has 1 fully saturated rings. The van der Waals surface area contributed by atoms with Crippen molar-refractivity contribution in [2.75, 3.05) is 6.54 Å². The summed E-state index contributed by atoms with van der Waals surface area (Å²) < 4.78 is 0. The zero-order valence-electron chi connectivity index (χ0n) is 12.8. The zero-order chi connectivity index (χ0) is 13.7. The Balaban J connectivity index is 1.96. The summed E-state index contributed by atoms with van der Waals surface area (Å²) in [4.78, 5) is 0. The summed E-state index contributed by atoms with van der Waals surface area (Å²) in [5, 5.41) is 3.74. The maximum absolute atomic E-state index is 3.74. The van der Waals surface area contributed by atoms with Crippen molar-refractivity contribution in [2.45, 2.75) is 58.9 Å². The summed E-state index contributed by atoms with van der Waals surface area (Å²) >= 11 is 0. The molecule has 0 amide bonds. The summed E-state index contributed by atoms with van der Waals surface area (Å²) in [6, 6.07) is 9.93. The Morgan fingerprint density at radius 2 is 1.68 bits per heavy atom. The normalized spacial score (nSPS) is 16.8. The van der Waals surface area contributed by atoms with Gasteiger partial charge in [-0.25, -0.2) is 0 Å². The van der Waals surface area contributed by atoms with Gasteiger partial charge in [-0.15, -0.1) is 0 Å². The summed E-state index contributed by atoms with van der Waals surface area (Å²) in [5.74, 6) is 1.64. The van der Waals surface area contributed by atoms with E-state index in [-0.39, 0.29) is 0 Å². The molecule has 19 heavy (non-hydrogen) atoms. The van der Waals surface area contributed by atoms with E-state index in [1.807, 2.05) is 0 Å². The topological polar surface area (TPSA) is 12.0 Å². The molecule has 0 heterocycles. The first-order chi connectivity index (χ1) is 9.22. The lowest BCUT2D eigenvalue weighted by molar-refractivity contribution is 0.297. The van der Waals surface area contributed by atoms with Crippen molar-refractivity contribution < 1.29 is 0 Å². The van der Waals surface area contributed by atoms with Crippen molar-refractivity contribution in [3.8, 4) is 0 Å². The SMILES string of the molecule is CCC(CC)C(CNC1CC1)Cc1ccc(C)cc1. The minimum absolute atomic E-state index is 0.790. The van der Waals surface area contributed by atoms with Crippen molar-refractivity contribution in [3.63, 3.8) is 0 Å². The Labute approximate surface area is 118 Å². The van der Waals surface area contributed by atoms with Gasteiger partial charge in [0.2, 0.25) is 0 Å². The molecule has 0 radical (unpaired) electrons. The van der Waals surface area contributed by atoms with Crippen molar-refractivity contribution in [1.29, 1.82) is 0 Å². The number of hydrogen-bond acceptors (Lipinski definition) is 1. The van der Waals surface area contributed by atoms with Crippen LogP contribution in [0.1, 0.15) is 50.7 Å². The van der Waals surface area contributed by atoms with Crippen LogP contribution in [0.25, 0.3) is 0 Å². The van der Waals surface area contributed by atoms with Crippen molar-refractivity contribution in [1.82, 2.24) is 5.32 Å². The second-order valence-electron chi connectivity index (χ2n) is 6.21. The molecule has 1 aromatic carbocycles. The highest BCUT2D eigenvalue weighted by Crippen LogP contribution is 2.25. The van der Waals surface area contributed by atoms with E-state index in [0.29, 0.717) is 0 Å². The van der Waals surface area contributed by atoms with Crippen LogP contribution in [0, 0.1) is 18.8 Å². The minimum Gasteiger partial charge on any atom is -0.314 e. The van der Waals surface area contributed by atoms with Crippen molar-refractivity contribution >= 4 is 0 Å². The Morgan fingerprint density at radius 1 is 1.05 bits per heavy atom. The maximum Gasteiger partial charge on any atom is 0.00683 e. The van der Waals surface area contributed by atoms with Crippen LogP contribution in [-0.4, -0.2) is 12.6 Å². The van der Waals surface area contributed by atoms with Gasteiger partial charge in [0.1, 0.15) is 0 Å². The molecule has 0 saturated heterocycles. The highest BCUT2D eigenvalue weighted by atomic mass is 14.9. The number of nitrogens with one attached hydrogen (secondary N) is 1. The third-order valence-corrected chi connectivity index (χ3v) is 4.58. The van der Waals surface area contributed by atoms with Crippen LogP contribution >= 0.6 is 0 Å². The number of aryl methyl sites for hydroxylation is 1. The van der Waals surface area contributed by atoms with E-state index in [0.717, 1.165) is 17.9 Å². The number of rotatable bonds is 8. The molecule has 1 N–H and O–H groups in total. The van der Waals surface area contributed by atoms with Crippen LogP contribution in [0.2, 0.25) is 0 Å². The van der Waals surface area contributed by atoms with E-state index in [2.05, 4.69) is 50.4 Å². The molecule has 1 nitrogen and oxygen atoms in total. The van der Waals surface area contributed by atoms with Crippen LogP contribution in [0.5, 0.6) is 0 Å². The first kappa shape index (κ1) is 14.6. The van der Waals surface area contributed by atoms with E-state index in [1.165, 1.54) is 49.8 Å². The van der Waals surface area contributed by atoms with E-state index < -0.39 is 0 Å². The Morgan fingerprint density at radius 3 is 2.21 bits per heavy atom. The average molecular weight is 259 g/mol. The highest BCUT2D eigenvalue weighted by molar-refractivity contribution is 5.21. The van der Waals surface area contributed by atoms with Crippen LogP contribution in [0.15, 0.2) is 24.3 Å². The lowest BCUT2D eigenvalue weighted by Gasteiger charge is -2.26. The standard InChI is InChI=1S/C18H29N/c1-4-16(5-2)17(13-19-18-10-11-18)12-15-8-6-14(3)7-9-15/h6-9,16-19H,4-5,10-13H2,1-3H3. The van der Waals surface area contributed by atoms with Gasteiger partial charge in [0, 0.05) is 6.04 Å². The molecular weight excluding hydrogens is 230 g/mol. The number of hydrogen-bond donors (Lipinski definition) is 1. The molecule has 0 aliphatic heterocycles. The lowest BCUT2D eigenvalue weighted by atomic mass is 9.83. The molecule has 106 valence electrons. The molecule has 1 saturated carbocycles. The van der Waals surface area contributed by atoms with Gasteiger partial charge >= 0.3 is 0 Å². The predicted octanol–water partition coefficient (Wildman–Crippen LogP) is 4.34. The van der Waals surface area contributed by atoms with Crippen LogP contribution < -0.4 is 5.32 Å². The average Bonchev–Trinajstić information content (AvgIpc) is 3.23. The zero-order valence-corrected chi connectivity index (χ0v) is 12.8. The Kier molecular flexibility index (Phi) is 5.45. The molecular formula is C18H29N. The van der Waals surface area contributed by atoms with Gasteiger partial charge in [-0.2, -0.15) is 0 Å². The van der Waals surface area contributed by atoms with E-state index >= 15 is 0 Å². The van der Waals surface area contributed by atoms with E-state index in [9.17, 15) is 0 Å². The molecule has 0 aromatic heterocycles. The molecule has 1 aliphatic rings. The molecule has 0 spiro atoms. The molecule has 1 aromatic rings. The van der Waals surface area contributed by atoms with Gasteiger partial charge < -0.3 is 5.32 Å². The summed E-state index contributed by atoms with van der Waals surface area (Å²) in [6.07, 6.45) is 6.62. The molecule has 2 rings (SSSR count). The van der Waals surface area contributed by atoms with E-state index in [4.69, 9.17) is 0 Å². The molecule has 0 bridgehead atoms. The van der Waals surface area contributed by atoms with Gasteiger partial charge in [-0.3, -0.25) is 0 Å². The Hall–Kier alpha value is -0.820. The first-order valence-electron chi connectivity index (χ1n) is 8.01. The van der Waals surface area contributed by atoms with Gasteiger partial charge in [0.15, 0.2) is 0 Å². The van der Waals surface area contributed by atoms with Gasteiger partial charge in [0.05, 0.1) is 0 Å². The summed E-state index contributed by atoms with van der Waals surface area (Å²) in [5.41, 5.74) is 2.86. The van der Waals surface area contributed by atoms with Crippen LogP contribution in [-0.2, 0) is 6.42 Å². The lowest BCUT2D eigenvalue weighted by Crippen LogP contribution is -2.30. The van der Waals surface area contributed by atoms with Gasteiger partial charge in [-0.1, -0.05) is 56.5 Å². The predicted molar refractivity (Wildman–Crippen MR) is 83.5 cm³/mol. The highest BCUT2D eigenvalue weighted by Gasteiger charge is 2.24. The Bertz CT molecular complexity index is 360. The van der Waals surface area contributed by atoms with Gasteiger partial charge in [-0.05, 0) is 50.1 Å². The third-order valence-electron chi connectivity index (χ3n) is 4.58. The fourth-order valence-corrected chi connectivity index (χ4v) is 2.99.